The largest absolute Gasteiger partial charge is 0.508 e. The van der Waals surface area contributed by atoms with Crippen LogP contribution in [0, 0.1) is 0 Å². The Hall–Kier alpha value is -2.54. The SMILES string of the molecule is CC[C@@H](NC(=O)COC(=O)c1ccc(O)cc1O)c1ccc(Br)cc1. The van der Waals surface area contributed by atoms with Crippen LogP contribution < -0.4 is 5.32 Å². The minimum Gasteiger partial charge on any atom is -0.508 e. The van der Waals surface area contributed by atoms with Crippen LogP contribution in [0.5, 0.6) is 11.5 Å². The number of amides is 1. The van der Waals surface area contributed by atoms with Crippen LogP contribution in [0.25, 0.3) is 0 Å². The highest BCUT2D eigenvalue weighted by Gasteiger charge is 2.17. The predicted octanol–water partition coefficient (Wildman–Crippen LogP) is 3.28. The second-order valence-corrected chi connectivity index (χ2v) is 6.27. The fourth-order valence-corrected chi connectivity index (χ4v) is 2.52. The normalized spacial score (nSPS) is 11.6. The van der Waals surface area contributed by atoms with E-state index in [2.05, 4.69) is 21.2 Å². The van der Waals surface area contributed by atoms with E-state index in [1.807, 2.05) is 31.2 Å². The van der Waals surface area contributed by atoms with Crippen LogP contribution in [0.2, 0.25) is 0 Å². The summed E-state index contributed by atoms with van der Waals surface area (Å²) in [5.74, 6) is -1.87. The van der Waals surface area contributed by atoms with Gasteiger partial charge in [0, 0.05) is 10.5 Å². The van der Waals surface area contributed by atoms with Crippen molar-refractivity contribution in [1.29, 1.82) is 0 Å². The van der Waals surface area contributed by atoms with Crippen LogP contribution in [0.15, 0.2) is 46.9 Å². The Morgan fingerprint density at radius 3 is 2.44 bits per heavy atom. The van der Waals surface area contributed by atoms with E-state index in [4.69, 9.17) is 4.74 Å². The number of esters is 1. The first-order chi connectivity index (χ1) is 11.9. The van der Waals surface area contributed by atoms with Crippen molar-refractivity contribution >= 4 is 27.8 Å². The lowest BCUT2D eigenvalue weighted by molar-refractivity contribution is -0.125. The zero-order chi connectivity index (χ0) is 18.4. The zero-order valence-corrected chi connectivity index (χ0v) is 15.1. The van der Waals surface area contributed by atoms with E-state index in [0.717, 1.165) is 16.1 Å². The van der Waals surface area contributed by atoms with E-state index >= 15 is 0 Å². The molecule has 6 nitrogen and oxygen atoms in total. The summed E-state index contributed by atoms with van der Waals surface area (Å²) in [5, 5.41) is 21.6. The summed E-state index contributed by atoms with van der Waals surface area (Å²) in [7, 11) is 0. The number of nitrogens with one attached hydrogen (secondary N) is 1. The maximum absolute atomic E-state index is 12.0. The van der Waals surface area contributed by atoms with Crippen molar-refractivity contribution in [2.24, 2.45) is 0 Å². The van der Waals surface area contributed by atoms with Gasteiger partial charge in [-0.3, -0.25) is 4.79 Å². The molecular weight excluding hydrogens is 390 g/mol. The zero-order valence-electron chi connectivity index (χ0n) is 13.5. The number of hydrogen-bond acceptors (Lipinski definition) is 5. The number of phenolic OH excluding ortho intramolecular Hbond substituents is 2. The smallest absolute Gasteiger partial charge is 0.342 e. The van der Waals surface area contributed by atoms with Gasteiger partial charge in [-0.1, -0.05) is 35.0 Å². The van der Waals surface area contributed by atoms with Crippen LogP contribution in [0.1, 0.15) is 35.3 Å². The number of benzene rings is 2. The van der Waals surface area contributed by atoms with Gasteiger partial charge < -0.3 is 20.3 Å². The maximum Gasteiger partial charge on any atom is 0.342 e. The van der Waals surface area contributed by atoms with E-state index < -0.39 is 24.2 Å². The van der Waals surface area contributed by atoms with Crippen LogP contribution in [0.4, 0.5) is 0 Å². The third kappa shape index (κ3) is 5.22. The molecule has 0 spiro atoms. The lowest BCUT2D eigenvalue weighted by atomic mass is 10.0. The van der Waals surface area contributed by atoms with Gasteiger partial charge in [-0.2, -0.15) is 0 Å². The minimum atomic E-state index is -0.843. The monoisotopic (exact) mass is 407 g/mol. The standard InChI is InChI=1S/C18H18BrNO5/c1-2-15(11-3-5-12(19)6-4-11)20-17(23)10-25-18(24)14-8-7-13(21)9-16(14)22/h3-9,15,21-22H,2,10H2,1H3,(H,20,23)/t15-/m1/s1. The quantitative estimate of drug-likeness (QED) is 0.638. The molecule has 1 amide bonds. The maximum atomic E-state index is 12.0. The van der Waals surface area contributed by atoms with Crippen molar-refractivity contribution in [3.63, 3.8) is 0 Å². The molecule has 0 bridgehead atoms. The number of aromatic hydroxyl groups is 2. The molecule has 0 saturated carbocycles. The first kappa shape index (κ1) is 18.8. The molecule has 1 atom stereocenters. The van der Waals surface area contributed by atoms with Crippen molar-refractivity contribution in [3.8, 4) is 11.5 Å². The number of phenols is 2. The number of halogens is 1. The van der Waals surface area contributed by atoms with E-state index in [9.17, 15) is 19.8 Å². The average molecular weight is 408 g/mol. The number of carbonyl (C=O) groups is 2. The Balaban J connectivity index is 1.92. The molecule has 0 aromatic heterocycles. The number of carbonyl (C=O) groups excluding carboxylic acids is 2. The van der Waals surface area contributed by atoms with Crippen LogP contribution in [0.3, 0.4) is 0 Å². The molecular formula is C18H18BrNO5. The fraction of sp³-hybridized carbons (Fsp3) is 0.222. The summed E-state index contributed by atoms with van der Waals surface area (Å²) < 4.78 is 5.86. The van der Waals surface area contributed by atoms with E-state index in [1.54, 1.807) is 0 Å². The molecule has 2 aromatic rings. The second kappa shape index (κ2) is 8.53. The molecule has 7 heteroatoms. The lowest BCUT2D eigenvalue weighted by Gasteiger charge is -2.17. The highest BCUT2D eigenvalue weighted by Crippen LogP contribution is 2.23. The van der Waals surface area contributed by atoms with Crippen LogP contribution in [-0.4, -0.2) is 28.7 Å². The molecule has 2 aromatic carbocycles. The predicted molar refractivity (Wildman–Crippen MR) is 95.4 cm³/mol. The third-order valence-electron chi connectivity index (χ3n) is 3.55. The Morgan fingerprint density at radius 2 is 1.84 bits per heavy atom. The Labute approximate surface area is 153 Å². The van der Waals surface area contributed by atoms with Crippen LogP contribution >= 0.6 is 15.9 Å². The molecule has 0 fully saturated rings. The third-order valence-corrected chi connectivity index (χ3v) is 4.08. The second-order valence-electron chi connectivity index (χ2n) is 5.36. The van der Waals surface area contributed by atoms with Gasteiger partial charge >= 0.3 is 5.97 Å². The Bertz CT molecular complexity index is 761. The molecule has 132 valence electrons. The van der Waals surface area contributed by atoms with E-state index in [0.29, 0.717) is 6.42 Å². The molecule has 0 unspecified atom stereocenters. The number of hydrogen-bond donors (Lipinski definition) is 3. The first-order valence-electron chi connectivity index (χ1n) is 7.64. The summed E-state index contributed by atoms with van der Waals surface area (Å²) in [4.78, 5) is 23.9. The molecule has 25 heavy (non-hydrogen) atoms. The molecule has 3 N–H and O–H groups in total. The Kier molecular flexibility index (Phi) is 6.41. The van der Waals surface area contributed by atoms with Gasteiger partial charge in [-0.05, 0) is 36.2 Å². The molecule has 0 heterocycles. The molecule has 0 radical (unpaired) electrons. The van der Waals surface area contributed by atoms with Gasteiger partial charge in [0.05, 0.1) is 6.04 Å². The summed E-state index contributed by atoms with van der Waals surface area (Å²) in [6.45, 7) is 1.47. The van der Waals surface area contributed by atoms with Crippen molar-refractivity contribution in [2.45, 2.75) is 19.4 Å². The van der Waals surface area contributed by atoms with Crippen LogP contribution in [-0.2, 0) is 9.53 Å². The number of ether oxygens (including phenoxy) is 1. The molecule has 0 aliphatic rings. The van der Waals surface area contributed by atoms with Crippen molar-refractivity contribution in [2.75, 3.05) is 6.61 Å². The molecule has 0 aliphatic heterocycles. The van der Waals surface area contributed by atoms with Crippen molar-refractivity contribution in [3.05, 3.63) is 58.1 Å². The van der Waals surface area contributed by atoms with E-state index in [1.165, 1.54) is 12.1 Å². The van der Waals surface area contributed by atoms with Gasteiger partial charge in [0.2, 0.25) is 0 Å². The van der Waals surface area contributed by atoms with Gasteiger partial charge in [0.25, 0.3) is 5.91 Å². The summed E-state index contributed by atoms with van der Waals surface area (Å²) in [5.41, 5.74) is 0.826. The Morgan fingerprint density at radius 1 is 1.16 bits per heavy atom. The van der Waals surface area contributed by atoms with Gasteiger partial charge in [-0.25, -0.2) is 4.79 Å². The summed E-state index contributed by atoms with van der Waals surface area (Å²) in [6.07, 6.45) is 0.681. The highest BCUT2D eigenvalue weighted by molar-refractivity contribution is 9.10. The molecule has 0 aliphatic carbocycles. The lowest BCUT2D eigenvalue weighted by Crippen LogP contribution is -2.32. The molecule has 0 saturated heterocycles. The number of rotatable bonds is 6. The topological polar surface area (TPSA) is 95.9 Å². The minimum absolute atomic E-state index is 0.120. The van der Waals surface area contributed by atoms with Gasteiger partial charge in [0.1, 0.15) is 17.1 Å². The van der Waals surface area contributed by atoms with Crippen molar-refractivity contribution in [1.82, 2.24) is 5.32 Å². The van der Waals surface area contributed by atoms with Gasteiger partial charge in [0.15, 0.2) is 6.61 Å². The first-order valence-corrected chi connectivity index (χ1v) is 8.44. The van der Waals surface area contributed by atoms with Gasteiger partial charge in [-0.15, -0.1) is 0 Å². The molecule has 2 rings (SSSR count). The summed E-state index contributed by atoms with van der Waals surface area (Å²) >= 11 is 3.36. The highest BCUT2D eigenvalue weighted by atomic mass is 79.9. The summed E-state index contributed by atoms with van der Waals surface area (Å²) in [6, 6.07) is 10.9. The van der Waals surface area contributed by atoms with Crippen molar-refractivity contribution < 1.29 is 24.5 Å². The fourth-order valence-electron chi connectivity index (χ4n) is 2.25. The average Bonchev–Trinajstić information content (AvgIpc) is 2.58. The van der Waals surface area contributed by atoms with E-state index in [-0.39, 0.29) is 17.4 Å².